The Morgan fingerprint density at radius 1 is 1.12 bits per heavy atom. The monoisotopic (exact) mass is 344 g/mol. The molecule has 5 nitrogen and oxygen atoms in total. The first-order valence-electron chi connectivity index (χ1n) is 8.04. The molecule has 2 aromatic rings. The standard InChI is InChI=1S/C19H21FN2O3/c1-12(2)21-16-9-8-14(20)11-17(16)22-18(23)10-7-13-5-3-4-6-15(13)19(24)25/h3-6,8-9,11-12,21H,7,10H2,1-2H3,(H,22,23)(H,24,25). The van der Waals surface area contributed by atoms with E-state index in [1.54, 1.807) is 24.3 Å². The summed E-state index contributed by atoms with van der Waals surface area (Å²) in [6.45, 7) is 3.88. The molecule has 3 N–H and O–H groups in total. The van der Waals surface area contributed by atoms with Gasteiger partial charge in [-0.1, -0.05) is 18.2 Å². The second kappa shape index (κ2) is 8.28. The van der Waals surface area contributed by atoms with Crippen LogP contribution >= 0.6 is 0 Å². The van der Waals surface area contributed by atoms with Gasteiger partial charge in [-0.3, -0.25) is 4.79 Å². The lowest BCUT2D eigenvalue weighted by molar-refractivity contribution is -0.116. The normalized spacial score (nSPS) is 10.6. The third kappa shape index (κ3) is 5.31. The van der Waals surface area contributed by atoms with Crippen LogP contribution in [0.2, 0.25) is 0 Å². The van der Waals surface area contributed by atoms with Gasteiger partial charge < -0.3 is 15.7 Å². The second-order valence-electron chi connectivity index (χ2n) is 6.00. The van der Waals surface area contributed by atoms with E-state index in [0.717, 1.165) is 0 Å². The van der Waals surface area contributed by atoms with Crippen LogP contribution in [0.3, 0.4) is 0 Å². The van der Waals surface area contributed by atoms with E-state index in [0.29, 0.717) is 16.9 Å². The fourth-order valence-electron chi connectivity index (χ4n) is 2.46. The zero-order valence-electron chi connectivity index (χ0n) is 14.2. The number of carboxylic acids is 1. The minimum atomic E-state index is -1.02. The average Bonchev–Trinajstić information content (AvgIpc) is 2.55. The van der Waals surface area contributed by atoms with Crippen LogP contribution in [0.25, 0.3) is 0 Å². The molecule has 0 aliphatic rings. The summed E-state index contributed by atoms with van der Waals surface area (Å²) < 4.78 is 13.5. The number of benzene rings is 2. The number of aromatic carboxylic acids is 1. The zero-order chi connectivity index (χ0) is 18.4. The molecule has 0 bridgehead atoms. The Balaban J connectivity index is 2.06. The van der Waals surface area contributed by atoms with Gasteiger partial charge in [-0.15, -0.1) is 0 Å². The second-order valence-corrected chi connectivity index (χ2v) is 6.00. The minimum Gasteiger partial charge on any atom is -0.478 e. The van der Waals surface area contributed by atoms with Gasteiger partial charge in [-0.2, -0.15) is 0 Å². The van der Waals surface area contributed by atoms with Gasteiger partial charge in [-0.25, -0.2) is 9.18 Å². The van der Waals surface area contributed by atoms with Gasteiger partial charge >= 0.3 is 5.97 Å². The lowest BCUT2D eigenvalue weighted by Crippen LogP contribution is -2.17. The Hall–Kier alpha value is -2.89. The maximum absolute atomic E-state index is 13.5. The van der Waals surface area contributed by atoms with Crippen LogP contribution in [0.15, 0.2) is 42.5 Å². The molecule has 0 saturated carbocycles. The topological polar surface area (TPSA) is 78.4 Å². The number of carbonyl (C=O) groups is 2. The Labute approximate surface area is 145 Å². The van der Waals surface area contributed by atoms with Crippen molar-refractivity contribution in [1.29, 1.82) is 0 Å². The molecular weight excluding hydrogens is 323 g/mol. The summed E-state index contributed by atoms with van der Waals surface area (Å²) >= 11 is 0. The van der Waals surface area contributed by atoms with Gasteiger partial charge in [0.15, 0.2) is 0 Å². The molecule has 0 spiro atoms. The van der Waals surface area contributed by atoms with E-state index in [-0.39, 0.29) is 30.4 Å². The molecule has 0 aliphatic heterocycles. The molecule has 0 radical (unpaired) electrons. The number of nitrogens with one attached hydrogen (secondary N) is 2. The van der Waals surface area contributed by atoms with Crippen LogP contribution in [-0.2, 0) is 11.2 Å². The number of carboxylic acid groups (broad SMARTS) is 1. The van der Waals surface area contributed by atoms with E-state index in [9.17, 15) is 14.0 Å². The Bertz CT molecular complexity index is 775. The first kappa shape index (κ1) is 18.4. The van der Waals surface area contributed by atoms with E-state index >= 15 is 0 Å². The van der Waals surface area contributed by atoms with Crippen molar-refractivity contribution in [2.75, 3.05) is 10.6 Å². The Morgan fingerprint density at radius 2 is 1.84 bits per heavy atom. The molecule has 0 aliphatic carbocycles. The average molecular weight is 344 g/mol. The number of hydrogen-bond acceptors (Lipinski definition) is 3. The predicted octanol–water partition coefficient (Wildman–Crippen LogP) is 3.92. The number of rotatable bonds is 7. The number of halogens is 1. The Morgan fingerprint density at radius 3 is 2.52 bits per heavy atom. The first-order valence-corrected chi connectivity index (χ1v) is 8.04. The van der Waals surface area contributed by atoms with E-state index in [1.165, 1.54) is 18.2 Å². The van der Waals surface area contributed by atoms with Gasteiger partial charge in [-0.05, 0) is 50.1 Å². The quantitative estimate of drug-likeness (QED) is 0.711. The van der Waals surface area contributed by atoms with E-state index in [4.69, 9.17) is 5.11 Å². The van der Waals surface area contributed by atoms with Crippen LogP contribution in [0.1, 0.15) is 36.2 Å². The summed E-state index contributed by atoms with van der Waals surface area (Å²) in [5.74, 6) is -1.78. The number of amides is 1. The van der Waals surface area contributed by atoms with Crippen LogP contribution in [-0.4, -0.2) is 23.0 Å². The number of hydrogen-bond donors (Lipinski definition) is 3. The maximum Gasteiger partial charge on any atom is 0.335 e. The lowest BCUT2D eigenvalue weighted by Gasteiger charge is -2.15. The summed E-state index contributed by atoms with van der Waals surface area (Å²) in [6.07, 6.45) is 0.387. The Kier molecular flexibility index (Phi) is 6.11. The molecule has 0 heterocycles. The van der Waals surface area contributed by atoms with E-state index in [1.807, 2.05) is 13.8 Å². The van der Waals surface area contributed by atoms with Crippen molar-refractivity contribution in [3.63, 3.8) is 0 Å². The molecule has 0 unspecified atom stereocenters. The highest BCUT2D eigenvalue weighted by molar-refractivity contribution is 5.95. The van der Waals surface area contributed by atoms with Crippen LogP contribution in [0, 0.1) is 5.82 Å². The van der Waals surface area contributed by atoms with E-state index < -0.39 is 11.8 Å². The summed E-state index contributed by atoms with van der Waals surface area (Å²) in [4.78, 5) is 23.4. The first-order chi connectivity index (χ1) is 11.9. The smallest absolute Gasteiger partial charge is 0.335 e. The molecule has 0 aromatic heterocycles. The molecule has 2 aromatic carbocycles. The van der Waals surface area contributed by atoms with Gasteiger partial charge in [0.05, 0.1) is 16.9 Å². The molecule has 1 amide bonds. The summed E-state index contributed by atoms with van der Waals surface area (Å²) in [5.41, 5.74) is 1.77. The summed E-state index contributed by atoms with van der Waals surface area (Å²) in [5, 5.41) is 15.0. The highest BCUT2D eigenvalue weighted by Gasteiger charge is 2.12. The number of aryl methyl sites for hydroxylation is 1. The van der Waals surface area contributed by atoms with Crippen molar-refractivity contribution in [3.8, 4) is 0 Å². The molecule has 0 atom stereocenters. The maximum atomic E-state index is 13.5. The van der Waals surface area contributed by atoms with E-state index in [2.05, 4.69) is 10.6 Å². The number of carbonyl (C=O) groups excluding carboxylic acids is 1. The van der Waals surface area contributed by atoms with Crippen molar-refractivity contribution in [2.45, 2.75) is 32.7 Å². The van der Waals surface area contributed by atoms with Crippen LogP contribution in [0.5, 0.6) is 0 Å². The summed E-state index contributed by atoms with van der Waals surface area (Å²) in [7, 11) is 0. The highest BCUT2D eigenvalue weighted by Crippen LogP contribution is 2.24. The third-order valence-corrected chi connectivity index (χ3v) is 3.57. The SMILES string of the molecule is CC(C)Nc1ccc(F)cc1NC(=O)CCc1ccccc1C(=O)O. The van der Waals surface area contributed by atoms with Crippen LogP contribution < -0.4 is 10.6 Å². The van der Waals surface area contributed by atoms with Crippen molar-refractivity contribution in [2.24, 2.45) is 0 Å². The van der Waals surface area contributed by atoms with Gasteiger partial charge in [0, 0.05) is 12.5 Å². The highest BCUT2D eigenvalue weighted by atomic mass is 19.1. The van der Waals surface area contributed by atoms with Crippen molar-refractivity contribution in [3.05, 3.63) is 59.4 Å². The largest absolute Gasteiger partial charge is 0.478 e. The van der Waals surface area contributed by atoms with Crippen molar-refractivity contribution in [1.82, 2.24) is 0 Å². The number of anilines is 2. The molecule has 0 saturated heterocycles. The van der Waals surface area contributed by atoms with Gasteiger partial charge in [0.2, 0.25) is 5.91 Å². The van der Waals surface area contributed by atoms with Crippen LogP contribution in [0.4, 0.5) is 15.8 Å². The zero-order valence-corrected chi connectivity index (χ0v) is 14.2. The van der Waals surface area contributed by atoms with Crippen molar-refractivity contribution >= 4 is 23.3 Å². The van der Waals surface area contributed by atoms with Gasteiger partial charge in [0.1, 0.15) is 5.82 Å². The molecule has 0 fully saturated rings. The molecule has 25 heavy (non-hydrogen) atoms. The minimum absolute atomic E-state index is 0.0991. The third-order valence-electron chi connectivity index (χ3n) is 3.57. The lowest BCUT2D eigenvalue weighted by atomic mass is 10.0. The molecule has 132 valence electrons. The fraction of sp³-hybridized carbons (Fsp3) is 0.263. The van der Waals surface area contributed by atoms with Crippen molar-refractivity contribution < 1.29 is 19.1 Å². The fourth-order valence-corrected chi connectivity index (χ4v) is 2.46. The summed E-state index contributed by atoms with van der Waals surface area (Å²) in [6, 6.07) is 10.9. The predicted molar refractivity (Wildman–Crippen MR) is 95.5 cm³/mol. The molecule has 6 heteroatoms. The molecule has 2 rings (SSSR count). The molecular formula is C19H21FN2O3. The van der Waals surface area contributed by atoms with Gasteiger partial charge in [0.25, 0.3) is 0 Å².